The van der Waals surface area contributed by atoms with Gasteiger partial charge < -0.3 is 15.0 Å². The lowest BCUT2D eigenvalue weighted by atomic mass is 9.88. The maximum Gasteiger partial charge on any atom is 0.226 e. The van der Waals surface area contributed by atoms with Gasteiger partial charge in [-0.2, -0.15) is 4.98 Å². The molecule has 5 nitrogen and oxygen atoms in total. The topological polar surface area (TPSA) is 74.2 Å². The standard InChI is InChI=1S/C13H25N3O2/c1-10(2)11(6-8-14)4-5-13-15-12(16-18-13)7-9-17-3/h10-11H,4-9,14H2,1-3H3. The maximum atomic E-state index is 5.63. The van der Waals surface area contributed by atoms with Crippen LogP contribution in [0.15, 0.2) is 4.52 Å². The van der Waals surface area contributed by atoms with E-state index >= 15 is 0 Å². The zero-order valence-corrected chi connectivity index (χ0v) is 11.7. The quantitative estimate of drug-likeness (QED) is 0.728. The first kappa shape index (κ1) is 15.1. The Morgan fingerprint density at radius 3 is 2.67 bits per heavy atom. The predicted octanol–water partition coefficient (Wildman–Crippen LogP) is 1.81. The van der Waals surface area contributed by atoms with Gasteiger partial charge in [-0.1, -0.05) is 19.0 Å². The van der Waals surface area contributed by atoms with Crippen molar-refractivity contribution in [3.05, 3.63) is 11.7 Å². The van der Waals surface area contributed by atoms with Crippen molar-refractivity contribution < 1.29 is 9.26 Å². The van der Waals surface area contributed by atoms with Crippen LogP contribution in [0.2, 0.25) is 0 Å². The average molecular weight is 255 g/mol. The molecule has 1 atom stereocenters. The van der Waals surface area contributed by atoms with Crippen LogP contribution < -0.4 is 5.73 Å². The number of nitrogens with two attached hydrogens (primary N) is 1. The van der Waals surface area contributed by atoms with Crippen LogP contribution in [0.3, 0.4) is 0 Å². The van der Waals surface area contributed by atoms with Gasteiger partial charge in [-0.3, -0.25) is 0 Å². The fraction of sp³-hybridized carbons (Fsp3) is 0.846. The van der Waals surface area contributed by atoms with Gasteiger partial charge in [-0.15, -0.1) is 0 Å². The molecule has 104 valence electrons. The van der Waals surface area contributed by atoms with Gasteiger partial charge in [-0.25, -0.2) is 0 Å². The summed E-state index contributed by atoms with van der Waals surface area (Å²) in [6.07, 6.45) is 3.66. The van der Waals surface area contributed by atoms with E-state index in [1.807, 2.05) is 0 Å². The van der Waals surface area contributed by atoms with Crippen LogP contribution in [-0.2, 0) is 17.6 Å². The molecule has 0 amide bonds. The fourth-order valence-electron chi connectivity index (χ4n) is 2.02. The van der Waals surface area contributed by atoms with Crippen molar-refractivity contribution in [1.29, 1.82) is 0 Å². The number of hydrogen-bond acceptors (Lipinski definition) is 5. The summed E-state index contributed by atoms with van der Waals surface area (Å²) >= 11 is 0. The van der Waals surface area contributed by atoms with Crippen LogP contribution in [0.1, 0.15) is 38.4 Å². The number of methoxy groups -OCH3 is 1. The molecule has 18 heavy (non-hydrogen) atoms. The molecule has 0 bridgehead atoms. The number of rotatable bonds is 9. The molecule has 0 fully saturated rings. The van der Waals surface area contributed by atoms with Crippen LogP contribution in [0.5, 0.6) is 0 Å². The molecule has 1 rings (SSSR count). The highest BCUT2D eigenvalue weighted by molar-refractivity contribution is 4.87. The van der Waals surface area contributed by atoms with Gasteiger partial charge >= 0.3 is 0 Å². The second-order valence-electron chi connectivity index (χ2n) is 4.97. The smallest absolute Gasteiger partial charge is 0.226 e. The number of ether oxygens (including phenoxy) is 1. The van der Waals surface area contributed by atoms with E-state index in [1.165, 1.54) is 0 Å². The molecular formula is C13H25N3O2. The molecule has 0 aliphatic heterocycles. The molecular weight excluding hydrogens is 230 g/mol. The van der Waals surface area contributed by atoms with Crippen LogP contribution in [0.25, 0.3) is 0 Å². The van der Waals surface area contributed by atoms with Gasteiger partial charge in [0.2, 0.25) is 5.89 Å². The normalized spacial score (nSPS) is 13.2. The van der Waals surface area contributed by atoms with Gasteiger partial charge in [0.05, 0.1) is 6.61 Å². The monoisotopic (exact) mass is 255 g/mol. The molecule has 0 saturated carbocycles. The van der Waals surface area contributed by atoms with E-state index in [4.69, 9.17) is 15.0 Å². The van der Waals surface area contributed by atoms with E-state index in [-0.39, 0.29) is 0 Å². The zero-order valence-electron chi connectivity index (χ0n) is 11.7. The zero-order chi connectivity index (χ0) is 13.4. The molecule has 0 aromatic carbocycles. The summed E-state index contributed by atoms with van der Waals surface area (Å²) in [6.45, 7) is 5.84. The highest BCUT2D eigenvalue weighted by atomic mass is 16.5. The van der Waals surface area contributed by atoms with Crippen molar-refractivity contribution in [2.75, 3.05) is 20.3 Å². The van der Waals surface area contributed by atoms with Crippen LogP contribution >= 0.6 is 0 Å². The Kier molecular flexibility index (Phi) is 6.90. The van der Waals surface area contributed by atoms with E-state index < -0.39 is 0 Å². The van der Waals surface area contributed by atoms with Gasteiger partial charge in [0, 0.05) is 20.0 Å². The van der Waals surface area contributed by atoms with Crippen molar-refractivity contribution in [1.82, 2.24) is 10.1 Å². The highest BCUT2D eigenvalue weighted by Crippen LogP contribution is 2.20. The number of hydrogen-bond donors (Lipinski definition) is 1. The number of aryl methyl sites for hydroxylation is 1. The molecule has 1 aromatic rings. The molecule has 1 aromatic heterocycles. The predicted molar refractivity (Wildman–Crippen MR) is 70.2 cm³/mol. The largest absolute Gasteiger partial charge is 0.384 e. The second-order valence-corrected chi connectivity index (χ2v) is 4.97. The van der Waals surface area contributed by atoms with E-state index in [1.54, 1.807) is 7.11 Å². The van der Waals surface area contributed by atoms with E-state index in [2.05, 4.69) is 24.0 Å². The SMILES string of the molecule is COCCc1noc(CCC(CCN)C(C)C)n1. The Labute approximate surface area is 109 Å². The molecule has 1 heterocycles. The van der Waals surface area contributed by atoms with Crippen molar-refractivity contribution >= 4 is 0 Å². The Morgan fingerprint density at radius 1 is 1.28 bits per heavy atom. The lowest BCUT2D eigenvalue weighted by Crippen LogP contribution is -2.15. The van der Waals surface area contributed by atoms with Crippen molar-refractivity contribution in [2.24, 2.45) is 17.6 Å². The molecule has 0 aliphatic carbocycles. The van der Waals surface area contributed by atoms with E-state index in [0.717, 1.165) is 37.5 Å². The molecule has 1 unspecified atom stereocenters. The lowest BCUT2D eigenvalue weighted by Gasteiger charge is -2.18. The molecule has 0 aliphatic rings. The first-order valence-corrected chi connectivity index (χ1v) is 6.67. The Balaban J connectivity index is 2.39. The first-order valence-electron chi connectivity index (χ1n) is 6.67. The summed E-state index contributed by atoms with van der Waals surface area (Å²) < 4.78 is 10.2. The fourth-order valence-corrected chi connectivity index (χ4v) is 2.02. The Bertz CT molecular complexity index is 326. The van der Waals surface area contributed by atoms with Crippen molar-refractivity contribution in [2.45, 2.75) is 39.5 Å². The molecule has 5 heteroatoms. The molecule has 0 spiro atoms. The lowest BCUT2D eigenvalue weighted by molar-refractivity contribution is 0.199. The van der Waals surface area contributed by atoms with Gasteiger partial charge in [-0.05, 0) is 31.2 Å². The van der Waals surface area contributed by atoms with Crippen LogP contribution in [-0.4, -0.2) is 30.4 Å². The second kappa shape index (κ2) is 8.21. The molecule has 2 N–H and O–H groups in total. The number of nitrogens with zero attached hydrogens (tertiary/aromatic N) is 2. The summed E-state index contributed by atoms with van der Waals surface area (Å²) in [5, 5.41) is 3.93. The van der Waals surface area contributed by atoms with Crippen LogP contribution in [0, 0.1) is 11.8 Å². The molecule has 0 saturated heterocycles. The van der Waals surface area contributed by atoms with Gasteiger partial charge in [0.15, 0.2) is 5.82 Å². The maximum absolute atomic E-state index is 5.63. The van der Waals surface area contributed by atoms with Gasteiger partial charge in [0.25, 0.3) is 0 Å². The third-order valence-electron chi connectivity index (χ3n) is 3.25. The summed E-state index contributed by atoms with van der Waals surface area (Å²) in [5.41, 5.74) is 5.63. The van der Waals surface area contributed by atoms with Crippen molar-refractivity contribution in [3.8, 4) is 0 Å². The summed E-state index contributed by atoms with van der Waals surface area (Å²) in [7, 11) is 1.67. The minimum Gasteiger partial charge on any atom is -0.384 e. The summed E-state index contributed by atoms with van der Waals surface area (Å²) in [4.78, 5) is 4.35. The Morgan fingerprint density at radius 2 is 2.06 bits per heavy atom. The third-order valence-corrected chi connectivity index (χ3v) is 3.25. The third kappa shape index (κ3) is 5.14. The van der Waals surface area contributed by atoms with E-state index in [0.29, 0.717) is 24.9 Å². The summed E-state index contributed by atoms with van der Waals surface area (Å²) in [5.74, 6) is 2.73. The minimum atomic E-state index is 0.626. The molecule has 0 radical (unpaired) electrons. The Hall–Kier alpha value is -0.940. The first-order chi connectivity index (χ1) is 8.67. The van der Waals surface area contributed by atoms with Crippen LogP contribution in [0.4, 0.5) is 0 Å². The highest BCUT2D eigenvalue weighted by Gasteiger charge is 2.14. The van der Waals surface area contributed by atoms with Gasteiger partial charge in [0.1, 0.15) is 0 Å². The average Bonchev–Trinajstić information content (AvgIpc) is 2.79. The minimum absolute atomic E-state index is 0.626. The summed E-state index contributed by atoms with van der Waals surface area (Å²) in [6, 6.07) is 0. The van der Waals surface area contributed by atoms with E-state index in [9.17, 15) is 0 Å². The van der Waals surface area contributed by atoms with Crippen molar-refractivity contribution in [3.63, 3.8) is 0 Å². The number of aromatic nitrogens is 2.